The van der Waals surface area contributed by atoms with Crippen molar-refractivity contribution in [1.82, 2.24) is 28.7 Å². The molecule has 0 atom stereocenters. The first-order valence-electron chi connectivity index (χ1n) is 37.9. The molecule has 0 N–H and O–H groups in total. The molecule has 0 spiro atoms. The normalized spacial score (nSPS) is 11.6. The van der Waals surface area contributed by atoms with E-state index in [0.29, 0.717) is 17.5 Å². The summed E-state index contributed by atoms with van der Waals surface area (Å²) in [4.78, 5) is 15.3. The summed E-state index contributed by atoms with van der Waals surface area (Å²) in [6.07, 6.45) is 0. The molecule has 0 saturated carbocycles. The van der Waals surface area contributed by atoms with Crippen molar-refractivity contribution in [2.24, 2.45) is 0 Å². The van der Waals surface area contributed by atoms with Crippen molar-refractivity contribution in [2.75, 3.05) is 0 Å². The zero-order chi connectivity index (χ0) is 73.3. The molecular formula is C105H68N6. The zero-order valence-electron chi connectivity index (χ0n) is 60.4. The fraction of sp³-hybridized carbons (Fsp3) is 0. The van der Waals surface area contributed by atoms with E-state index in [1.54, 1.807) is 0 Å². The molecule has 6 heteroatoms. The van der Waals surface area contributed by atoms with Crippen molar-refractivity contribution in [1.29, 1.82) is 0 Å². The van der Waals surface area contributed by atoms with Crippen LogP contribution in [0.25, 0.3) is 206 Å². The van der Waals surface area contributed by atoms with Crippen LogP contribution in [0.5, 0.6) is 0 Å². The maximum Gasteiger partial charge on any atom is 0.164 e. The second kappa shape index (κ2) is 27.2. The van der Waals surface area contributed by atoms with E-state index in [1.807, 2.05) is 36.4 Å². The minimum Gasteiger partial charge on any atom is -0.309 e. The summed E-state index contributed by atoms with van der Waals surface area (Å²) in [6.45, 7) is 0. The lowest BCUT2D eigenvalue weighted by molar-refractivity contribution is 1.07. The molecule has 0 radical (unpaired) electrons. The van der Waals surface area contributed by atoms with E-state index in [2.05, 4.69) is 390 Å². The third-order valence-corrected chi connectivity index (χ3v) is 22.2. The summed E-state index contributed by atoms with van der Waals surface area (Å²) in [5.74, 6) is 1.84. The Morgan fingerprint density at radius 1 is 0.135 bits per heavy atom. The van der Waals surface area contributed by atoms with Crippen LogP contribution < -0.4 is 0 Å². The average molecular weight is 1410 g/mol. The molecule has 4 aromatic heterocycles. The van der Waals surface area contributed by atoms with Crippen molar-refractivity contribution in [3.05, 3.63) is 413 Å². The summed E-state index contributed by atoms with van der Waals surface area (Å²) in [7, 11) is 0. The van der Waals surface area contributed by atoms with Gasteiger partial charge in [0.1, 0.15) is 0 Å². The van der Waals surface area contributed by atoms with Crippen LogP contribution in [0.15, 0.2) is 413 Å². The molecule has 0 fully saturated rings. The number of rotatable bonds is 14. The fourth-order valence-electron chi connectivity index (χ4n) is 16.9. The maximum absolute atomic E-state index is 5.16. The second-order valence-electron chi connectivity index (χ2n) is 28.6. The zero-order valence-corrected chi connectivity index (χ0v) is 60.4. The van der Waals surface area contributed by atoms with Gasteiger partial charge in [-0.25, -0.2) is 15.0 Å². The highest BCUT2D eigenvalue weighted by molar-refractivity contribution is 6.16. The lowest BCUT2D eigenvalue weighted by Gasteiger charge is -2.13. The lowest BCUT2D eigenvalue weighted by Crippen LogP contribution is -2.00. The van der Waals surface area contributed by atoms with Crippen molar-refractivity contribution < 1.29 is 0 Å². The van der Waals surface area contributed by atoms with E-state index < -0.39 is 0 Å². The first-order valence-corrected chi connectivity index (χ1v) is 37.9. The van der Waals surface area contributed by atoms with Crippen LogP contribution in [0.3, 0.4) is 0 Å². The Bertz CT molecular complexity index is 6460. The average Bonchev–Trinajstić information content (AvgIpc) is 1.58. The van der Waals surface area contributed by atoms with Crippen LogP contribution in [0.4, 0.5) is 0 Å². The summed E-state index contributed by atoms with van der Waals surface area (Å²) >= 11 is 0. The first-order chi connectivity index (χ1) is 55.0. The summed E-state index contributed by atoms with van der Waals surface area (Å²) < 4.78 is 7.40. The highest BCUT2D eigenvalue weighted by Gasteiger charge is 2.24. The number of hydrogen-bond acceptors (Lipinski definition) is 3. The fourth-order valence-corrected chi connectivity index (χ4v) is 16.9. The van der Waals surface area contributed by atoms with Gasteiger partial charge in [-0.2, -0.15) is 0 Å². The smallest absolute Gasteiger partial charge is 0.164 e. The monoisotopic (exact) mass is 1410 g/mol. The van der Waals surface area contributed by atoms with E-state index in [0.717, 1.165) is 99.9 Å². The van der Waals surface area contributed by atoms with Crippen molar-refractivity contribution in [3.63, 3.8) is 0 Å². The van der Waals surface area contributed by atoms with Gasteiger partial charge in [-0.1, -0.05) is 303 Å². The quantitative estimate of drug-likeness (QED) is 0.109. The molecule has 0 bridgehead atoms. The predicted octanol–water partition coefficient (Wildman–Crippen LogP) is 27.5. The maximum atomic E-state index is 5.16. The Balaban J connectivity index is 0.787. The number of nitrogens with zero attached hydrogens (tertiary/aromatic N) is 6. The van der Waals surface area contributed by atoms with Crippen LogP contribution in [0.1, 0.15) is 0 Å². The third-order valence-electron chi connectivity index (χ3n) is 22.2. The summed E-state index contributed by atoms with van der Waals surface area (Å²) in [5.41, 5.74) is 31.3. The van der Waals surface area contributed by atoms with E-state index in [1.165, 1.54) is 88.3 Å². The van der Waals surface area contributed by atoms with Crippen LogP contribution in [0.2, 0.25) is 0 Å². The molecule has 17 aromatic carbocycles. The van der Waals surface area contributed by atoms with Crippen molar-refractivity contribution in [2.45, 2.75) is 0 Å². The van der Waals surface area contributed by atoms with Gasteiger partial charge < -0.3 is 13.7 Å². The molecule has 0 aliphatic rings. The van der Waals surface area contributed by atoms with E-state index in [9.17, 15) is 0 Å². The van der Waals surface area contributed by atoms with Gasteiger partial charge in [-0.15, -0.1) is 0 Å². The molecule has 518 valence electrons. The molecule has 6 nitrogen and oxygen atoms in total. The Labute approximate surface area is 642 Å². The van der Waals surface area contributed by atoms with Crippen LogP contribution in [0, 0.1) is 0 Å². The van der Waals surface area contributed by atoms with E-state index in [4.69, 9.17) is 15.0 Å². The molecule has 0 aliphatic heterocycles. The van der Waals surface area contributed by atoms with Crippen LogP contribution >= 0.6 is 0 Å². The Kier molecular flexibility index (Phi) is 15.8. The van der Waals surface area contributed by atoms with Crippen LogP contribution in [-0.4, -0.2) is 28.7 Å². The first kappa shape index (κ1) is 64.5. The van der Waals surface area contributed by atoms with Gasteiger partial charge in [0, 0.05) is 66.1 Å². The standard InChI is InChI=1S/C105H68N6/c1-7-27-69(28-8-1)83-39-19-23-43-87(83)76-49-57-97-91(63-76)92-64-77(88-44-24-20-40-84(88)70-29-9-2-10-30-70)50-58-98(92)110(97)81-55-61-101-95(67-81)96-68-82(56-62-102(96)109(101)80-53-47-75(48-54-80)105-107-103(73-35-15-5-16-36-73)106-104(108-105)74-37-17-6-18-38-74)111-99-59-51-78(89-45-25-21-41-85(89)71-31-11-3-12-32-71)65-93(99)94-66-79(52-60-100(94)111)90-46-26-22-42-86(90)72-33-13-4-14-34-72/h1-68H. The molecule has 4 heterocycles. The highest BCUT2D eigenvalue weighted by atomic mass is 15.0. The van der Waals surface area contributed by atoms with Crippen LogP contribution in [-0.2, 0) is 0 Å². The summed E-state index contributed by atoms with van der Waals surface area (Å²) in [6, 6.07) is 150. The van der Waals surface area contributed by atoms with Gasteiger partial charge in [0.05, 0.1) is 33.1 Å². The third kappa shape index (κ3) is 11.4. The van der Waals surface area contributed by atoms with Gasteiger partial charge in [0.2, 0.25) is 0 Å². The Morgan fingerprint density at radius 3 is 0.577 bits per heavy atom. The van der Waals surface area contributed by atoms with Gasteiger partial charge in [0.25, 0.3) is 0 Å². The molecule has 21 aromatic rings. The minimum absolute atomic E-state index is 0.600. The largest absolute Gasteiger partial charge is 0.309 e. The number of aromatic nitrogens is 6. The molecule has 111 heavy (non-hydrogen) atoms. The molecule has 21 rings (SSSR count). The highest BCUT2D eigenvalue weighted by Crippen LogP contribution is 2.46. The van der Waals surface area contributed by atoms with E-state index in [-0.39, 0.29) is 0 Å². The van der Waals surface area contributed by atoms with Gasteiger partial charge in [-0.3, -0.25) is 0 Å². The summed E-state index contributed by atoms with van der Waals surface area (Å²) in [5, 5.41) is 6.91. The van der Waals surface area contributed by atoms with Gasteiger partial charge >= 0.3 is 0 Å². The SMILES string of the molecule is c1ccc(-c2nc(-c3ccccc3)nc(-c3ccc(-n4c5ccc(-n6c7ccc(-c8ccccc8-c8ccccc8)cc7c7cc(-c8ccccc8-c8ccccc8)ccc76)cc5c5cc(-n6c7ccc(-c8ccccc8-c8ccccc8)cc7c7cc(-c8ccccc8-c8ccccc8)ccc76)ccc54)cc3)n2)cc1. The molecule has 0 amide bonds. The van der Waals surface area contributed by atoms with Gasteiger partial charge in [-0.05, 0) is 198 Å². The number of fused-ring (bicyclic) bond motifs is 9. The molecule has 0 saturated heterocycles. The molecular weight excluding hydrogens is 1350 g/mol. The van der Waals surface area contributed by atoms with Crippen molar-refractivity contribution >= 4 is 65.4 Å². The van der Waals surface area contributed by atoms with Crippen molar-refractivity contribution in [3.8, 4) is 140 Å². The number of hydrogen-bond donors (Lipinski definition) is 0. The second-order valence-corrected chi connectivity index (χ2v) is 28.6. The molecule has 0 aliphatic carbocycles. The Hall–Kier alpha value is -14.9. The molecule has 0 unspecified atom stereocenters. The van der Waals surface area contributed by atoms with Gasteiger partial charge in [0.15, 0.2) is 17.5 Å². The van der Waals surface area contributed by atoms with E-state index >= 15 is 0 Å². The number of benzene rings is 17. The topological polar surface area (TPSA) is 53.5 Å². The predicted molar refractivity (Wildman–Crippen MR) is 463 cm³/mol. The lowest BCUT2D eigenvalue weighted by atomic mass is 9.92. The Morgan fingerprint density at radius 2 is 0.315 bits per heavy atom. The minimum atomic E-state index is 0.600.